The second-order valence-corrected chi connectivity index (χ2v) is 6.92. The molecule has 0 atom stereocenters. The molecule has 4 rings (SSSR count). The topological polar surface area (TPSA) is 97.8 Å². The molecule has 7 nitrogen and oxygen atoms in total. The number of nitrogens with zero attached hydrogens (tertiary/aromatic N) is 5. The number of hydrogen-bond acceptors (Lipinski definition) is 6. The molecule has 0 unspecified atom stereocenters. The third kappa shape index (κ3) is 2.71. The molecule has 2 aromatic rings. The highest BCUT2D eigenvalue weighted by molar-refractivity contribution is 6.05. The molecular formula is C18H22FN7. The van der Waals surface area contributed by atoms with E-state index >= 15 is 0 Å². The molecule has 1 aliphatic heterocycles. The first kappa shape index (κ1) is 16.6. The first-order valence-electron chi connectivity index (χ1n) is 8.79. The van der Waals surface area contributed by atoms with Crippen LogP contribution in [-0.2, 0) is 0 Å². The summed E-state index contributed by atoms with van der Waals surface area (Å²) in [6.45, 7) is 1.91. The van der Waals surface area contributed by atoms with E-state index in [4.69, 9.17) is 11.5 Å². The van der Waals surface area contributed by atoms with Crippen LogP contribution in [0.3, 0.4) is 0 Å². The van der Waals surface area contributed by atoms with E-state index in [9.17, 15) is 4.39 Å². The Hall–Kier alpha value is -2.90. The zero-order valence-corrected chi connectivity index (χ0v) is 14.7. The standard InChI is InChI=1S/C18H22FN7/c1-12-10-22-25(11-12)15-6-5-13(9-14(15)19)26-17(21)23-16(20)24-18(26)7-3-2-4-8-18/h5-6,9-11H,2-4,7-8H2,1H3,(H4,20,21,23,24). The summed E-state index contributed by atoms with van der Waals surface area (Å²) in [5.74, 6) is 0.0538. The van der Waals surface area contributed by atoms with Gasteiger partial charge in [0.05, 0.1) is 6.20 Å². The lowest BCUT2D eigenvalue weighted by Gasteiger charge is -2.45. The summed E-state index contributed by atoms with van der Waals surface area (Å²) in [4.78, 5) is 10.5. The lowest BCUT2D eigenvalue weighted by molar-refractivity contribution is 0.305. The van der Waals surface area contributed by atoms with E-state index in [0.717, 1.165) is 37.7 Å². The van der Waals surface area contributed by atoms with Gasteiger partial charge in [0, 0.05) is 11.9 Å². The number of rotatable bonds is 2. The molecule has 0 saturated heterocycles. The molecule has 4 N–H and O–H groups in total. The molecule has 1 aromatic heterocycles. The van der Waals surface area contributed by atoms with Crippen molar-refractivity contribution in [3.8, 4) is 5.69 Å². The van der Waals surface area contributed by atoms with E-state index in [1.807, 2.05) is 17.9 Å². The van der Waals surface area contributed by atoms with E-state index in [1.54, 1.807) is 18.5 Å². The maximum absolute atomic E-state index is 14.8. The molecule has 1 aliphatic carbocycles. The normalized spacial score (nSPS) is 19.4. The Morgan fingerprint density at radius 3 is 2.58 bits per heavy atom. The van der Waals surface area contributed by atoms with Crippen LogP contribution >= 0.6 is 0 Å². The highest BCUT2D eigenvalue weighted by atomic mass is 19.1. The number of halogens is 1. The number of anilines is 1. The number of aryl methyl sites for hydroxylation is 1. The third-order valence-corrected chi connectivity index (χ3v) is 5.00. The minimum Gasteiger partial charge on any atom is -0.369 e. The van der Waals surface area contributed by atoms with E-state index in [2.05, 4.69) is 15.1 Å². The molecule has 2 heterocycles. The quantitative estimate of drug-likeness (QED) is 0.864. The molecular weight excluding hydrogens is 333 g/mol. The molecule has 26 heavy (non-hydrogen) atoms. The zero-order chi connectivity index (χ0) is 18.3. The molecule has 2 aliphatic rings. The molecule has 1 aromatic carbocycles. The van der Waals surface area contributed by atoms with Gasteiger partial charge in [0.15, 0.2) is 5.82 Å². The number of aliphatic imine (C=N–C) groups is 2. The first-order chi connectivity index (χ1) is 12.5. The van der Waals surface area contributed by atoms with Gasteiger partial charge in [-0.25, -0.2) is 14.1 Å². The average Bonchev–Trinajstić information content (AvgIpc) is 3.01. The number of nitrogens with two attached hydrogens (primary N) is 2. The van der Waals surface area contributed by atoms with Crippen LogP contribution < -0.4 is 16.4 Å². The second kappa shape index (κ2) is 6.12. The van der Waals surface area contributed by atoms with Gasteiger partial charge in [0.1, 0.15) is 11.4 Å². The summed E-state index contributed by atoms with van der Waals surface area (Å²) in [5, 5.41) is 4.17. The molecule has 0 amide bonds. The fourth-order valence-electron chi connectivity index (χ4n) is 3.86. The maximum atomic E-state index is 14.8. The Balaban J connectivity index is 1.75. The van der Waals surface area contributed by atoms with Crippen molar-refractivity contribution < 1.29 is 4.39 Å². The molecule has 0 radical (unpaired) electrons. The van der Waals surface area contributed by atoms with Crippen LogP contribution in [0, 0.1) is 12.7 Å². The zero-order valence-electron chi connectivity index (χ0n) is 14.7. The predicted molar refractivity (Wildman–Crippen MR) is 99.8 cm³/mol. The minimum absolute atomic E-state index is 0.185. The van der Waals surface area contributed by atoms with E-state index in [0.29, 0.717) is 11.4 Å². The van der Waals surface area contributed by atoms with Crippen molar-refractivity contribution in [2.75, 3.05) is 4.90 Å². The molecule has 136 valence electrons. The number of benzene rings is 1. The fraction of sp³-hybridized carbons (Fsp3) is 0.389. The monoisotopic (exact) mass is 355 g/mol. The molecule has 8 heteroatoms. The van der Waals surface area contributed by atoms with Crippen LogP contribution in [0.15, 0.2) is 40.6 Å². The predicted octanol–water partition coefficient (Wildman–Crippen LogP) is 2.43. The van der Waals surface area contributed by atoms with E-state index < -0.39 is 5.66 Å². The van der Waals surface area contributed by atoms with Crippen LogP contribution in [0.4, 0.5) is 10.1 Å². The highest BCUT2D eigenvalue weighted by Crippen LogP contribution is 2.39. The summed E-state index contributed by atoms with van der Waals surface area (Å²) in [6.07, 6.45) is 8.28. The Bertz CT molecular complexity index is 893. The van der Waals surface area contributed by atoms with Gasteiger partial charge >= 0.3 is 0 Å². The van der Waals surface area contributed by atoms with Gasteiger partial charge in [0.2, 0.25) is 11.9 Å². The Morgan fingerprint density at radius 2 is 1.92 bits per heavy atom. The number of guanidine groups is 2. The van der Waals surface area contributed by atoms with Crippen LogP contribution in [0.2, 0.25) is 0 Å². The smallest absolute Gasteiger partial charge is 0.220 e. The Morgan fingerprint density at radius 1 is 1.15 bits per heavy atom. The number of aromatic nitrogens is 2. The van der Waals surface area contributed by atoms with Gasteiger partial charge in [-0.3, -0.25) is 4.90 Å². The maximum Gasteiger partial charge on any atom is 0.220 e. The van der Waals surface area contributed by atoms with Gasteiger partial charge in [0.25, 0.3) is 0 Å². The van der Waals surface area contributed by atoms with Crippen molar-refractivity contribution in [1.82, 2.24) is 9.78 Å². The molecule has 1 spiro atoms. The van der Waals surface area contributed by atoms with Gasteiger partial charge in [-0.05, 0) is 56.4 Å². The largest absolute Gasteiger partial charge is 0.369 e. The first-order valence-corrected chi connectivity index (χ1v) is 8.79. The van der Waals surface area contributed by atoms with Gasteiger partial charge in [-0.1, -0.05) is 6.42 Å². The number of hydrogen-bond donors (Lipinski definition) is 2. The summed E-state index contributed by atoms with van der Waals surface area (Å²) in [7, 11) is 0. The van der Waals surface area contributed by atoms with Crippen LogP contribution in [0.25, 0.3) is 5.69 Å². The minimum atomic E-state index is -0.579. The average molecular weight is 355 g/mol. The Kier molecular flexibility index (Phi) is 3.90. The SMILES string of the molecule is Cc1cnn(-c2ccc(N3C(N)=NC(N)=NC34CCCCC4)cc2F)c1. The molecule has 1 fully saturated rings. The fourth-order valence-corrected chi connectivity index (χ4v) is 3.86. The third-order valence-electron chi connectivity index (χ3n) is 5.00. The molecule has 1 saturated carbocycles. The van der Waals surface area contributed by atoms with Crippen LogP contribution in [0.1, 0.15) is 37.7 Å². The van der Waals surface area contributed by atoms with E-state index in [-0.39, 0.29) is 17.7 Å². The van der Waals surface area contributed by atoms with E-state index in [1.165, 1.54) is 10.7 Å². The van der Waals surface area contributed by atoms with Crippen molar-refractivity contribution in [3.05, 3.63) is 42.0 Å². The van der Waals surface area contributed by atoms with Gasteiger partial charge < -0.3 is 11.5 Å². The lowest BCUT2D eigenvalue weighted by Crippen LogP contribution is -2.58. The van der Waals surface area contributed by atoms with Crippen molar-refractivity contribution in [3.63, 3.8) is 0 Å². The summed E-state index contributed by atoms with van der Waals surface area (Å²) >= 11 is 0. The van der Waals surface area contributed by atoms with Crippen molar-refractivity contribution in [2.24, 2.45) is 21.5 Å². The lowest BCUT2D eigenvalue weighted by atomic mass is 9.87. The van der Waals surface area contributed by atoms with Gasteiger partial charge in [-0.2, -0.15) is 10.1 Å². The van der Waals surface area contributed by atoms with Crippen LogP contribution in [0.5, 0.6) is 0 Å². The van der Waals surface area contributed by atoms with Crippen molar-refractivity contribution in [1.29, 1.82) is 0 Å². The van der Waals surface area contributed by atoms with Crippen molar-refractivity contribution >= 4 is 17.6 Å². The highest BCUT2D eigenvalue weighted by Gasteiger charge is 2.42. The summed E-state index contributed by atoms with van der Waals surface area (Å²) in [6, 6.07) is 4.98. The van der Waals surface area contributed by atoms with Crippen LogP contribution in [-0.4, -0.2) is 27.4 Å². The second-order valence-electron chi connectivity index (χ2n) is 6.92. The van der Waals surface area contributed by atoms with Crippen molar-refractivity contribution in [2.45, 2.75) is 44.7 Å². The van der Waals surface area contributed by atoms with Gasteiger partial charge in [-0.15, -0.1) is 0 Å². The summed E-state index contributed by atoms with van der Waals surface area (Å²) < 4.78 is 16.4. The summed E-state index contributed by atoms with van der Waals surface area (Å²) in [5.41, 5.74) is 13.4. The Labute approximate surface area is 151 Å². The molecule has 0 bridgehead atoms.